The third-order valence-corrected chi connectivity index (χ3v) is 6.58. The molecule has 1 aliphatic heterocycles. The standard InChI is InChI=1S/C25H18Cl2N2O7S/c1-36-25(34)15-6-4-12(14-7-5-13(26)9-19(14)27)8-20(15)29-23(32)16-10-18(22(31)28-37(2,3)35)21(30)11-17(16)24(29)33/h4-11,30H,1-3H3. The highest BCUT2D eigenvalue weighted by Gasteiger charge is 2.40. The van der Waals surface area contributed by atoms with Crippen molar-refractivity contribution in [2.75, 3.05) is 24.5 Å². The molecule has 0 unspecified atom stereocenters. The zero-order valence-corrected chi connectivity index (χ0v) is 21.9. The summed E-state index contributed by atoms with van der Waals surface area (Å²) in [6.07, 6.45) is 2.47. The number of ether oxygens (including phenoxy) is 1. The van der Waals surface area contributed by atoms with Crippen LogP contribution < -0.4 is 4.90 Å². The number of carbonyl (C=O) groups is 4. The first kappa shape index (κ1) is 26.3. The Bertz CT molecular complexity index is 1650. The molecule has 0 aromatic heterocycles. The lowest BCUT2D eigenvalue weighted by molar-refractivity contribution is 0.0601. The zero-order chi connectivity index (χ0) is 27.2. The summed E-state index contributed by atoms with van der Waals surface area (Å²) >= 11 is 12.3. The monoisotopic (exact) mass is 560 g/mol. The van der Waals surface area contributed by atoms with Crippen LogP contribution in [0.1, 0.15) is 41.4 Å². The number of fused-ring (bicyclic) bond motifs is 1. The molecule has 1 heterocycles. The molecule has 0 saturated heterocycles. The molecule has 0 saturated carbocycles. The molecule has 12 heteroatoms. The summed E-state index contributed by atoms with van der Waals surface area (Å²) < 4.78 is 20.3. The lowest BCUT2D eigenvalue weighted by Gasteiger charge is -2.19. The molecular weight excluding hydrogens is 543 g/mol. The van der Waals surface area contributed by atoms with E-state index in [1.165, 1.54) is 30.7 Å². The highest BCUT2D eigenvalue weighted by molar-refractivity contribution is 7.92. The van der Waals surface area contributed by atoms with Crippen molar-refractivity contribution < 1.29 is 33.2 Å². The SMILES string of the molecule is COC(=O)c1ccc(-c2ccc(Cl)cc2Cl)cc1N1C(=O)c2cc(O)c(C(=O)N=S(C)(C)=O)cc2C1=O. The number of aromatic hydroxyl groups is 1. The van der Waals surface area contributed by atoms with Crippen LogP contribution in [-0.2, 0) is 14.5 Å². The number of benzene rings is 3. The Morgan fingerprint density at radius 1 is 0.919 bits per heavy atom. The summed E-state index contributed by atoms with van der Waals surface area (Å²) in [5.74, 6) is -4.13. The summed E-state index contributed by atoms with van der Waals surface area (Å²) in [6.45, 7) is 0. The van der Waals surface area contributed by atoms with E-state index in [-0.39, 0.29) is 22.4 Å². The summed E-state index contributed by atoms with van der Waals surface area (Å²) in [5, 5.41) is 11.1. The van der Waals surface area contributed by atoms with Crippen molar-refractivity contribution in [3.63, 3.8) is 0 Å². The van der Waals surface area contributed by atoms with E-state index in [4.69, 9.17) is 27.9 Å². The molecule has 0 radical (unpaired) electrons. The lowest BCUT2D eigenvalue weighted by atomic mass is 10.0. The van der Waals surface area contributed by atoms with Gasteiger partial charge in [-0.3, -0.25) is 14.4 Å². The number of carbonyl (C=O) groups excluding carboxylic acids is 4. The first-order valence-corrected chi connectivity index (χ1v) is 13.6. The van der Waals surface area contributed by atoms with E-state index in [0.717, 1.165) is 24.1 Å². The van der Waals surface area contributed by atoms with Crippen molar-refractivity contribution >= 4 is 62.3 Å². The quantitative estimate of drug-likeness (QED) is 0.357. The van der Waals surface area contributed by atoms with Crippen molar-refractivity contribution in [1.82, 2.24) is 0 Å². The molecule has 0 fully saturated rings. The number of imide groups is 1. The smallest absolute Gasteiger partial charge is 0.339 e. The second-order valence-corrected chi connectivity index (χ2v) is 11.7. The molecule has 0 spiro atoms. The van der Waals surface area contributed by atoms with Crippen LogP contribution in [0, 0.1) is 0 Å². The molecule has 0 bridgehead atoms. The molecule has 4 rings (SSSR count). The average Bonchev–Trinajstić information content (AvgIpc) is 3.05. The Hall–Kier alpha value is -3.73. The van der Waals surface area contributed by atoms with Gasteiger partial charge in [-0.15, -0.1) is 0 Å². The van der Waals surface area contributed by atoms with Gasteiger partial charge in [-0.25, -0.2) is 13.9 Å². The van der Waals surface area contributed by atoms with E-state index in [1.807, 2.05) is 0 Å². The number of esters is 1. The van der Waals surface area contributed by atoms with Gasteiger partial charge in [0.1, 0.15) is 5.75 Å². The first-order valence-electron chi connectivity index (χ1n) is 10.5. The van der Waals surface area contributed by atoms with E-state index in [1.54, 1.807) is 18.2 Å². The Labute approximate surface area is 221 Å². The van der Waals surface area contributed by atoms with Crippen molar-refractivity contribution in [3.05, 3.63) is 80.8 Å². The number of hydrogen-bond donors (Lipinski definition) is 1. The number of anilines is 1. The Balaban J connectivity index is 1.88. The highest BCUT2D eigenvalue weighted by atomic mass is 35.5. The zero-order valence-electron chi connectivity index (χ0n) is 19.6. The van der Waals surface area contributed by atoms with E-state index >= 15 is 0 Å². The topological polar surface area (TPSA) is 130 Å². The number of amides is 3. The number of methoxy groups -OCH3 is 1. The normalized spacial score (nSPS) is 12.9. The second kappa shape index (κ2) is 9.62. The van der Waals surface area contributed by atoms with E-state index in [9.17, 15) is 28.5 Å². The molecule has 0 atom stereocenters. The average molecular weight is 561 g/mol. The Morgan fingerprint density at radius 2 is 1.57 bits per heavy atom. The van der Waals surface area contributed by atoms with Gasteiger partial charge in [0.25, 0.3) is 17.7 Å². The van der Waals surface area contributed by atoms with Crippen LogP contribution in [0.4, 0.5) is 5.69 Å². The van der Waals surface area contributed by atoms with Gasteiger partial charge in [-0.2, -0.15) is 4.36 Å². The minimum atomic E-state index is -2.85. The fourth-order valence-corrected chi connectivity index (χ4v) is 4.82. The van der Waals surface area contributed by atoms with E-state index in [2.05, 4.69) is 4.36 Å². The van der Waals surface area contributed by atoms with Gasteiger partial charge < -0.3 is 9.84 Å². The first-order chi connectivity index (χ1) is 17.3. The summed E-state index contributed by atoms with van der Waals surface area (Å²) in [5.41, 5.74) is 0.0217. The maximum atomic E-state index is 13.4. The number of phenolic OH excluding ortho intramolecular Hbond substituents is 1. The van der Waals surface area contributed by atoms with Gasteiger partial charge >= 0.3 is 5.97 Å². The van der Waals surface area contributed by atoms with Crippen molar-refractivity contribution in [2.24, 2.45) is 4.36 Å². The number of hydrogen-bond acceptors (Lipinski definition) is 7. The Morgan fingerprint density at radius 3 is 2.16 bits per heavy atom. The van der Waals surface area contributed by atoms with Crippen LogP contribution >= 0.6 is 23.2 Å². The van der Waals surface area contributed by atoms with Crippen LogP contribution in [0.15, 0.2) is 52.9 Å². The summed E-state index contributed by atoms with van der Waals surface area (Å²) in [4.78, 5) is 52.5. The highest BCUT2D eigenvalue weighted by Crippen LogP contribution is 2.38. The predicted octanol–water partition coefficient (Wildman–Crippen LogP) is 4.82. The number of halogens is 2. The van der Waals surface area contributed by atoms with Crippen molar-refractivity contribution in [1.29, 1.82) is 0 Å². The van der Waals surface area contributed by atoms with Gasteiger partial charge in [0, 0.05) is 37.8 Å². The Kier molecular flexibility index (Phi) is 6.85. The number of rotatable bonds is 4. The second-order valence-electron chi connectivity index (χ2n) is 8.29. The molecule has 3 amide bonds. The van der Waals surface area contributed by atoms with Gasteiger partial charge in [0.15, 0.2) is 0 Å². The number of phenols is 1. The fourth-order valence-electron chi connectivity index (χ4n) is 3.80. The molecular formula is C25H18Cl2N2O7S. The molecule has 37 heavy (non-hydrogen) atoms. The molecule has 3 aromatic rings. The maximum Gasteiger partial charge on any atom is 0.339 e. The van der Waals surface area contributed by atoms with Gasteiger partial charge in [-0.05, 0) is 42.0 Å². The third-order valence-electron chi connectivity index (χ3n) is 5.42. The van der Waals surface area contributed by atoms with Gasteiger partial charge in [-0.1, -0.05) is 35.3 Å². The van der Waals surface area contributed by atoms with Crippen LogP contribution in [-0.4, -0.2) is 52.6 Å². The molecule has 1 aliphatic rings. The number of nitrogens with zero attached hydrogens (tertiary/aromatic N) is 2. The van der Waals surface area contributed by atoms with Crippen LogP contribution in [0.3, 0.4) is 0 Å². The lowest BCUT2D eigenvalue weighted by Crippen LogP contribution is -2.31. The minimum absolute atomic E-state index is 0.0851. The summed E-state index contributed by atoms with van der Waals surface area (Å²) in [6, 6.07) is 11.1. The van der Waals surface area contributed by atoms with Gasteiger partial charge in [0.2, 0.25) is 0 Å². The van der Waals surface area contributed by atoms with Crippen molar-refractivity contribution in [3.8, 4) is 16.9 Å². The molecule has 9 nitrogen and oxygen atoms in total. The van der Waals surface area contributed by atoms with E-state index < -0.39 is 44.7 Å². The van der Waals surface area contributed by atoms with Crippen molar-refractivity contribution in [2.45, 2.75) is 0 Å². The third kappa shape index (κ3) is 4.95. The fraction of sp³-hybridized carbons (Fsp3) is 0.120. The maximum absolute atomic E-state index is 13.4. The van der Waals surface area contributed by atoms with Crippen LogP contribution in [0.25, 0.3) is 11.1 Å². The minimum Gasteiger partial charge on any atom is -0.507 e. The van der Waals surface area contributed by atoms with Crippen LogP contribution in [0.2, 0.25) is 10.0 Å². The van der Waals surface area contributed by atoms with Crippen LogP contribution in [0.5, 0.6) is 5.75 Å². The molecule has 3 aromatic carbocycles. The molecule has 190 valence electrons. The largest absolute Gasteiger partial charge is 0.507 e. The predicted molar refractivity (Wildman–Crippen MR) is 139 cm³/mol. The van der Waals surface area contributed by atoms with E-state index in [0.29, 0.717) is 21.2 Å². The molecule has 0 aliphatic carbocycles. The van der Waals surface area contributed by atoms with Gasteiger partial charge in [0.05, 0.1) is 35.1 Å². The summed E-state index contributed by atoms with van der Waals surface area (Å²) in [7, 11) is -1.70. The molecule has 1 N–H and O–H groups in total.